The molecule has 0 atom stereocenters. The highest BCUT2D eigenvalue weighted by Gasteiger charge is 2.17. The summed E-state index contributed by atoms with van der Waals surface area (Å²) in [6.07, 6.45) is 0. The fourth-order valence-corrected chi connectivity index (χ4v) is 2.98. The lowest BCUT2D eigenvalue weighted by atomic mass is 10.2. The number of hydrogen-bond acceptors (Lipinski definition) is 4. The van der Waals surface area contributed by atoms with Crippen LogP contribution in [-0.2, 0) is 18.0 Å². The van der Waals surface area contributed by atoms with Crippen LogP contribution in [0.5, 0.6) is 11.5 Å². The topological polar surface area (TPSA) is 44.8 Å². The van der Waals surface area contributed by atoms with Crippen molar-refractivity contribution in [1.29, 1.82) is 0 Å². The first-order valence-electron chi connectivity index (χ1n) is 8.42. The second kappa shape index (κ2) is 9.24. The predicted octanol–water partition coefficient (Wildman–Crippen LogP) is 5.39. The van der Waals surface area contributed by atoms with E-state index in [1.807, 2.05) is 60.7 Å². The molecule has 0 aliphatic carbocycles. The summed E-state index contributed by atoms with van der Waals surface area (Å²) >= 11 is 3.43. The highest BCUT2D eigenvalue weighted by molar-refractivity contribution is 9.10. The van der Waals surface area contributed by atoms with Crippen LogP contribution >= 0.6 is 15.9 Å². The van der Waals surface area contributed by atoms with Crippen LogP contribution in [0.2, 0.25) is 0 Å². The van der Waals surface area contributed by atoms with Crippen LogP contribution in [0, 0.1) is 0 Å². The van der Waals surface area contributed by atoms with Gasteiger partial charge in [-0.05, 0) is 39.2 Å². The van der Waals surface area contributed by atoms with Crippen LogP contribution in [0.3, 0.4) is 0 Å². The summed E-state index contributed by atoms with van der Waals surface area (Å²) in [5.41, 5.74) is 2.36. The van der Waals surface area contributed by atoms with E-state index in [2.05, 4.69) is 15.9 Å². The number of ether oxygens (including phenoxy) is 3. The second-order valence-corrected chi connectivity index (χ2v) is 6.67. The van der Waals surface area contributed by atoms with E-state index in [-0.39, 0.29) is 6.61 Å². The molecular formula is C22H19BrO4. The van der Waals surface area contributed by atoms with Crippen molar-refractivity contribution in [3.8, 4) is 11.5 Å². The molecule has 0 aliphatic rings. The van der Waals surface area contributed by atoms with E-state index in [1.165, 1.54) is 7.11 Å². The maximum Gasteiger partial charge on any atom is 0.339 e. The Hall–Kier alpha value is -2.79. The molecule has 0 radical (unpaired) electrons. The Morgan fingerprint density at radius 3 is 2.04 bits per heavy atom. The van der Waals surface area contributed by atoms with Crippen LogP contribution in [0.4, 0.5) is 0 Å². The van der Waals surface area contributed by atoms with Crippen molar-refractivity contribution in [2.75, 3.05) is 7.11 Å². The minimum atomic E-state index is -0.432. The molecule has 0 N–H and O–H groups in total. The van der Waals surface area contributed by atoms with Crippen LogP contribution in [0.25, 0.3) is 0 Å². The standard InChI is InChI=1S/C22H19BrO4/c1-25-20-12-18(22(24)27-15-17-10-6-3-7-11-17)19(23)13-21(20)26-14-16-8-4-2-5-9-16/h2-13H,14-15H2,1H3. The maximum atomic E-state index is 12.4. The Labute approximate surface area is 166 Å². The summed E-state index contributed by atoms with van der Waals surface area (Å²) in [5, 5.41) is 0. The van der Waals surface area contributed by atoms with E-state index in [1.54, 1.807) is 12.1 Å². The van der Waals surface area contributed by atoms with Gasteiger partial charge in [-0.25, -0.2) is 4.79 Å². The van der Waals surface area contributed by atoms with Gasteiger partial charge < -0.3 is 14.2 Å². The first kappa shape index (κ1) is 19.0. The summed E-state index contributed by atoms with van der Waals surface area (Å²) < 4.78 is 17.2. The predicted molar refractivity (Wildman–Crippen MR) is 107 cm³/mol. The third kappa shape index (κ3) is 5.11. The Morgan fingerprint density at radius 1 is 0.852 bits per heavy atom. The molecule has 138 valence electrons. The molecule has 0 bridgehead atoms. The molecule has 0 unspecified atom stereocenters. The number of carbonyl (C=O) groups excluding carboxylic acids is 1. The molecular weight excluding hydrogens is 408 g/mol. The molecule has 3 rings (SSSR count). The quantitative estimate of drug-likeness (QED) is 0.474. The van der Waals surface area contributed by atoms with Crippen LogP contribution in [0.1, 0.15) is 21.5 Å². The molecule has 3 aromatic rings. The summed E-state index contributed by atoms with van der Waals surface area (Å²) in [6, 6.07) is 22.7. The number of hydrogen-bond donors (Lipinski definition) is 0. The highest BCUT2D eigenvalue weighted by atomic mass is 79.9. The monoisotopic (exact) mass is 426 g/mol. The third-order valence-electron chi connectivity index (χ3n) is 3.92. The first-order chi connectivity index (χ1) is 13.2. The number of carbonyl (C=O) groups is 1. The Bertz CT molecular complexity index is 895. The molecule has 5 heteroatoms. The summed E-state index contributed by atoms with van der Waals surface area (Å²) in [5.74, 6) is 0.590. The van der Waals surface area contributed by atoms with E-state index in [9.17, 15) is 4.79 Å². The average molecular weight is 427 g/mol. The average Bonchev–Trinajstić information content (AvgIpc) is 2.72. The van der Waals surface area contributed by atoms with Crippen molar-refractivity contribution in [2.24, 2.45) is 0 Å². The molecule has 27 heavy (non-hydrogen) atoms. The van der Waals surface area contributed by atoms with Gasteiger partial charge in [0, 0.05) is 4.47 Å². The maximum absolute atomic E-state index is 12.4. The molecule has 0 fully saturated rings. The van der Waals surface area contributed by atoms with E-state index < -0.39 is 5.97 Å². The number of halogens is 1. The lowest BCUT2D eigenvalue weighted by Crippen LogP contribution is -2.07. The fourth-order valence-electron chi connectivity index (χ4n) is 2.50. The highest BCUT2D eigenvalue weighted by Crippen LogP contribution is 2.34. The normalized spacial score (nSPS) is 10.3. The van der Waals surface area contributed by atoms with Crippen molar-refractivity contribution in [1.82, 2.24) is 0 Å². The van der Waals surface area contributed by atoms with E-state index in [0.717, 1.165) is 11.1 Å². The van der Waals surface area contributed by atoms with E-state index in [4.69, 9.17) is 14.2 Å². The van der Waals surface area contributed by atoms with Crippen molar-refractivity contribution in [3.05, 3.63) is 94.0 Å². The SMILES string of the molecule is COc1cc(C(=O)OCc2ccccc2)c(Br)cc1OCc1ccccc1. The van der Waals surface area contributed by atoms with Gasteiger partial charge in [0.2, 0.25) is 0 Å². The van der Waals surface area contributed by atoms with Crippen molar-refractivity contribution in [3.63, 3.8) is 0 Å². The molecule has 0 aliphatic heterocycles. The third-order valence-corrected chi connectivity index (χ3v) is 4.58. The van der Waals surface area contributed by atoms with Crippen molar-refractivity contribution >= 4 is 21.9 Å². The molecule has 0 saturated heterocycles. The minimum Gasteiger partial charge on any atom is -0.493 e. The zero-order valence-corrected chi connectivity index (χ0v) is 16.4. The van der Waals surface area contributed by atoms with Crippen LogP contribution in [0.15, 0.2) is 77.3 Å². The number of esters is 1. The Balaban J connectivity index is 1.72. The fraction of sp³-hybridized carbons (Fsp3) is 0.136. The van der Waals surface area contributed by atoms with Gasteiger partial charge in [0.1, 0.15) is 13.2 Å². The Morgan fingerprint density at radius 2 is 1.44 bits per heavy atom. The molecule has 0 spiro atoms. The van der Waals surface area contributed by atoms with Gasteiger partial charge >= 0.3 is 5.97 Å². The molecule has 0 saturated carbocycles. The van der Waals surface area contributed by atoms with Gasteiger partial charge in [0.05, 0.1) is 12.7 Å². The van der Waals surface area contributed by atoms with Gasteiger partial charge in [-0.15, -0.1) is 0 Å². The van der Waals surface area contributed by atoms with Crippen LogP contribution < -0.4 is 9.47 Å². The minimum absolute atomic E-state index is 0.209. The Kier molecular flexibility index (Phi) is 6.49. The van der Waals surface area contributed by atoms with Gasteiger partial charge in [-0.2, -0.15) is 0 Å². The molecule has 4 nitrogen and oxygen atoms in total. The van der Waals surface area contributed by atoms with Crippen molar-refractivity contribution in [2.45, 2.75) is 13.2 Å². The lowest BCUT2D eigenvalue weighted by Gasteiger charge is -2.14. The second-order valence-electron chi connectivity index (χ2n) is 5.82. The lowest BCUT2D eigenvalue weighted by molar-refractivity contribution is 0.0471. The number of benzene rings is 3. The van der Waals surface area contributed by atoms with E-state index in [0.29, 0.717) is 28.1 Å². The van der Waals surface area contributed by atoms with E-state index >= 15 is 0 Å². The largest absolute Gasteiger partial charge is 0.493 e. The van der Waals surface area contributed by atoms with Crippen LogP contribution in [-0.4, -0.2) is 13.1 Å². The van der Waals surface area contributed by atoms with Crippen molar-refractivity contribution < 1.29 is 19.0 Å². The van der Waals surface area contributed by atoms with Gasteiger partial charge in [0.15, 0.2) is 11.5 Å². The smallest absolute Gasteiger partial charge is 0.339 e. The molecule has 3 aromatic carbocycles. The van der Waals surface area contributed by atoms with Gasteiger partial charge in [-0.1, -0.05) is 60.7 Å². The first-order valence-corrected chi connectivity index (χ1v) is 9.22. The zero-order valence-electron chi connectivity index (χ0n) is 14.9. The summed E-state index contributed by atoms with van der Waals surface area (Å²) in [6.45, 7) is 0.613. The molecule has 0 aromatic heterocycles. The number of rotatable bonds is 7. The number of methoxy groups -OCH3 is 1. The van der Waals surface area contributed by atoms with Gasteiger partial charge in [0.25, 0.3) is 0 Å². The zero-order chi connectivity index (χ0) is 19.1. The molecule has 0 heterocycles. The molecule has 0 amide bonds. The summed E-state index contributed by atoms with van der Waals surface area (Å²) in [4.78, 5) is 12.4. The summed E-state index contributed by atoms with van der Waals surface area (Å²) in [7, 11) is 1.54. The van der Waals surface area contributed by atoms with Gasteiger partial charge in [-0.3, -0.25) is 0 Å².